The number of hydrogen-bond acceptors (Lipinski definition) is 3. The lowest BCUT2D eigenvalue weighted by Crippen LogP contribution is -2.25. The molecule has 3 aromatic rings. The second kappa shape index (κ2) is 6.00. The first-order valence-electron chi connectivity index (χ1n) is 8.40. The fraction of sp³-hybridized carbons (Fsp3) is 0.190. The standard InChI is InChI=1S/C21H21N3/c1-16(2)18-11-6-7-12-19(18)24-15-23(17-9-4-3-5-10-17)20-13-8-14-22-21(20)24/h3-14,16H,15H2,1-2H3. The number of benzene rings is 2. The largest absolute Gasteiger partial charge is 0.320 e. The monoisotopic (exact) mass is 315 g/mol. The Morgan fingerprint density at radius 3 is 2.29 bits per heavy atom. The molecule has 1 aliphatic heterocycles. The fourth-order valence-electron chi connectivity index (χ4n) is 3.33. The van der Waals surface area contributed by atoms with Gasteiger partial charge in [-0.25, -0.2) is 4.98 Å². The van der Waals surface area contributed by atoms with Crippen LogP contribution in [0.5, 0.6) is 0 Å². The molecular weight excluding hydrogens is 294 g/mol. The average Bonchev–Trinajstić information content (AvgIpc) is 3.02. The summed E-state index contributed by atoms with van der Waals surface area (Å²) in [5.74, 6) is 1.49. The van der Waals surface area contributed by atoms with Crippen LogP contribution < -0.4 is 9.80 Å². The quantitative estimate of drug-likeness (QED) is 0.640. The number of rotatable bonds is 3. The van der Waals surface area contributed by atoms with Crippen molar-refractivity contribution in [2.24, 2.45) is 0 Å². The number of anilines is 4. The molecule has 120 valence electrons. The minimum Gasteiger partial charge on any atom is -0.320 e. The van der Waals surface area contributed by atoms with Gasteiger partial charge in [-0.3, -0.25) is 0 Å². The molecule has 0 saturated carbocycles. The number of fused-ring (bicyclic) bond motifs is 1. The van der Waals surface area contributed by atoms with E-state index in [-0.39, 0.29) is 0 Å². The predicted octanol–water partition coefficient (Wildman–Crippen LogP) is 5.45. The minimum absolute atomic E-state index is 0.471. The molecule has 0 aliphatic carbocycles. The molecule has 0 N–H and O–H groups in total. The van der Waals surface area contributed by atoms with Crippen LogP contribution in [0.4, 0.5) is 22.9 Å². The predicted molar refractivity (Wildman–Crippen MR) is 100 cm³/mol. The Balaban J connectivity index is 1.82. The van der Waals surface area contributed by atoms with E-state index in [1.54, 1.807) is 0 Å². The molecule has 24 heavy (non-hydrogen) atoms. The second-order valence-corrected chi connectivity index (χ2v) is 6.39. The zero-order valence-electron chi connectivity index (χ0n) is 14.1. The van der Waals surface area contributed by atoms with Crippen molar-refractivity contribution >= 4 is 22.9 Å². The molecule has 0 atom stereocenters. The molecule has 3 heteroatoms. The minimum atomic E-state index is 0.471. The Bertz CT molecular complexity index is 842. The molecule has 2 aromatic carbocycles. The second-order valence-electron chi connectivity index (χ2n) is 6.39. The number of hydrogen-bond donors (Lipinski definition) is 0. The summed E-state index contributed by atoms with van der Waals surface area (Å²) in [5, 5.41) is 0. The Labute approximate surface area is 143 Å². The molecular formula is C21H21N3. The zero-order valence-corrected chi connectivity index (χ0v) is 14.1. The molecule has 0 bridgehead atoms. The van der Waals surface area contributed by atoms with Crippen molar-refractivity contribution in [2.45, 2.75) is 19.8 Å². The third-order valence-electron chi connectivity index (χ3n) is 4.51. The third kappa shape index (κ3) is 2.42. The van der Waals surface area contributed by atoms with Gasteiger partial charge in [-0.2, -0.15) is 0 Å². The van der Waals surface area contributed by atoms with E-state index >= 15 is 0 Å². The van der Waals surface area contributed by atoms with Gasteiger partial charge in [0.05, 0.1) is 5.69 Å². The van der Waals surface area contributed by atoms with Crippen molar-refractivity contribution in [1.29, 1.82) is 0 Å². The van der Waals surface area contributed by atoms with E-state index < -0.39 is 0 Å². The van der Waals surface area contributed by atoms with Crippen LogP contribution in [0.15, 0.2) is 72.9 Å². The normalized spacial score (nSPS) is 13.5. The highest BCUT2D eigenvalue weighted by Gasteiger charge is 2.30. The molecule has 0 radical (unpaired) electrons. The third-order valence-corrected chi connectivity index (χ3v) is 4.51. The highest BCUT2D eigenvalue weighted by Crippen LogP contribution is 2.44. The van der Waals surface area contributed by atoms with Gasteiger partial charge in [-0.05, 0) is 41.8 Å². The topological polar surface area (TPSA) is 19.4 Å². The van der Waals surface area contributed by atoms with Crippen molar-refractivity contribution in [3.05, 3.63) is 78.5 Å². The van der Waals surface area contributed by atoms with E-state index in [4.69, 9.17) is 0 Å². The summed E-state index contributed by atoms with van der Waals surface area (Å²) in [6.07, 6.45) is 1.87. The highest BCUT2D eigenvalue weighted by atomic mass is 15.4. The summed E-state index contributed by atoms with van der Waals surface area (Å²) < 4.78 is 0. The van der Waals surface area contributed by atoms with Gasteiger partial charge < -0.3 is 9.80 Å². The van der Waals surface area contributed by atoms with Crippen LogP contribution in [0.1, 0.15) is 25.3 Å². The van der Waals surface area contributed by atoms with E-state index in [9.17, 15) is 0 Å². The van der Waals surface area contributed by atoms with Crippen LogP contribution in [0.25, 0.3) is 0 Å². The smallest absolute Gasteiger partial charge is 0.158 e. The Morgan fingerprint density at radius 1 is 0.792 bits per heavy atom. The SMILES string of the molecule is CC(C)c1ccccc1N1CN(c2ccccc2)c2cccnc21. The number of nitrogens with zero attached hydrogens (tertiary/aromatic N) is 3. The van der Waals surface area contributed by atoms with Crippen LogP contribution in [-0.4, -0.2) is 11.7 Å². The molecule has 3 nitrogen and oxygen atoms in total. The lowest BCUT2D eigenvalue weighted by Gasteiger charge is -2.24. The van der Waals surface area contributed by atoms with E-state index in [1.165, 1.54) is 16.9 Å². The molecule has 0 saturated heterocycles. The fourth-order valence-corrected chi connectivity index (χ4v) is 3.33. The molecule has 2 heterocycles. The van der Waals surface area contributed by atoms with Gasteiger partial charge >= 0.3 is 0 Å². The van der Waals surface area contributed by atoms with Crippen LogP contribution in [0.3, 0.4) is 0 Å². The Kier molecular flexibility index (Phi) is 3.69. The molecule has 1 aromatic heterocycles. The highest BCUT2D eigenvalue weighted by molar-refractivity contribution is 5.85. The van der Waals surface area contributed by atoms with Crippen molar-refractivity contribution in [3.8, 4) is 0 Å². The molecule has 0 fully saturated rings. The average molecular weight is 315 g/mol. The lowest BCUT2D eigenvalue weighted by atomic mass is 10.0. The zero-order chi connectivity index (χ0) is 16.5. The van der Waals surface area contributed by atoms with E-state index in [1.807, 2.05) is 12.3 Å². The van der Waals surface area contributed by atoms with E-state index in [0.717, 1.165) is 18.2 Å². The van der Waals surface area contributed by atoms with Gasteiger partial charge in [0.2, 0.25) is 0 Å². The maximum absolute atomic E-state index is 4.68. The van der Waals surface area contributed by atoms with Gasteiger partial charge in [0, 0.05) is 17.6 Å². The summed E-state index contributed by atoms with van der Waals surface area (Å²) in [5.41, 5.74) is 4.94. The van der Waals surface area contributed by atoms with Gasteiger partial charge in [-0.1, -0.05) is 50.2 Å². The van der Waals surface area contributed by atoms with Gasteiger partial charge in [0.25, 0.3) is 0 Å². The van der Waals surface area contributed by atoms with Crippen LogP contribution in [0, 0.1) is 0 Å². The molecule has 4 rings (SSSR count). The molecule has 1 aliphatic rings. The summed E-state index contributed by atoms with van der Waals surface area (Å²) >= 11 is 0. The Hall–Kier alpha value is -2.81. The van der Waals surface area contributed by atoms with Gasteiger partial charge in [-0.15, -0.1) is 0 Å². The van der Waals surface area contributed by atoms with E-state index in [2.05, 4.69) is 89.3 Å². The molecule has 0 unspecified atom stereocenters. The van der Waals surface area contributed by atoms with Gasteiger partial charge in [0.15, 0.2) is 5.82 Å². The van der Waals surface area contributed by atoms with Crippen LogP contribution >= 0.6 is 0 Å². The van der Waals surface area contributed by atoms with Crippen molar-refractivity contribution < 1.29 is 0 Å². The summed E-state index contributed by atoms with van der Waals surface area (Å²) in [7, 11) is 0. The summed E-state index contributed by atoms with van der Waals surface area (Å²) in [6.45, 7) is 5.26. The molecule has 0 amide bonds. The summed E-state index contributed by atoms with van der Waals surface area (Å²) in [6, 6.07) is 23.3. The van der Waals surface area contributed by atoms with Crippen LogP contribution in [-0.2, 0) is 0 Å². The number of aromatic nitrogens is 1. The van der Waals surface area contributed by atoms with Crippen molar-refractivity contribution in [2.75, 3.05) is 16.5 Å². The van der Waals surface area contributed by atoms with Crippen molar-refractivity contribution in [3.63, 3.8) is 0 Å². The first kappa shape index (κ1) is 14.8. The Morgan fingerprint density at radius 2 is 1.50 bits per heavy atom. The molecule has 0 spiro atoms. The maximum Gasteiger partial charge on any atom is 0.158 e. The first-order valence-corrected chi connectivity index (χ1v) is 8.40. The maximum atomic E-state index is 4.68. The first-order chi connectivity index (χ1) is 11.8. The lowest BCUT2D eigenvalue weighted by molar-refractivity contribution is 0.853. The van der Waals surface area contributed by atoms with Crippen LogP contribution in [0.2, 0.25) is 0 Å². The van der Waals surface area contributed by atoms with E-state index in [0.29, 0.717) is 5.92 Å². The number of pyridine rings is 1. The van der Waals surface area contributed by atoms with Crippen molar-refractivity contribution in [1.82, 2.24) is 4.98 Å². The summed E-state index contributed by atoms with van der Waals surface area (Å²) in [4.78, 5) is 9.31. The van der Waals surface area contributed by atoms with Gasteiger partial charge in [0.1, 0.15) is 6.67 Å². The number of para-hydroxylation sites is 2.